The van der Waals surface area contributed by atoms with Crippen molar-refractivity contribution in [3.8, 4) is 0 Å². The Balaban J connectivity index is 1.98. The minimum atomic E-state index is 0.338. The molecular formula is C14H18BrN5. The molecule has 1 saturated heterocycles. The van der Waals surface area contributed by atoms with E-state index >= 15 is 0 Å². The first-order chi connectivity index (χ1) is 9.58. The number of hydrogen-bond acceptors (Lipinski definition) is 4. The van der Waals surface area contributed by atoms with Gasteiger partial charge in [0.25, 0.3) is 0 Å². The summed E-state index contributed by atoms with van der Waals surface area (Å²) in [5, 5.41) is 4.54. The number of anilines is 1. The maximum Gasteiger partial charge on any atom is 0.225 e. The quantitative estimate of drug-likeness (QED) is 0.846. The first kappa shape index (κ1) is 13.5. The summed E-state index contributed by atoms with van der Waals surface area (Å²) in [4.78, 5) is 11.2. The van der Waals surface area contributed by atoms with Crippen molar-refractivity contribution in [2.45, 2.75) is 32.7 Å². The highest BCUT2D eigenvalue weighted by atomic mass is 79.9. The molecule has 0 amide bonds. The Hall–Kier alpha value is -1.43. The summed E-state index contributed by atoms with van der Waals surface area (Å²) in [5.74, 6) is 0.804. The zero-order valence-corrected chi connectivity index (χ0v) is 13.6. The first-order valence-electron chi connectivity index (χ1n) is 6.82. The molecule has 2 aromatic rings. The summed E-state index contributed by atoms with van der Waals surface area (Å²) in [6.07, 6.45) is 5.91. The summed E-state index contributed by atoms with van der Waals surface area (Å²) < 4.78 is 2.87. The molecule has 1 aliphatic rings. The molecule has 3 heterocycles. The minimum absolute atomic E-state index is 0.338. The Morgan fingerprint density at radius 3 is 2.55 bits per heavy atom. The van der Waals surface area contributed by atoms with E-state index < -0.39 is 0 Å². The number of aromatic nitrogens is 4. The van der Waals surface area contributed by atoms with E-state index in [4.69, 9.17) is 0 Å². The van der Waals surface area contributed by atoms with Gasteiger partial charge in [0.15, 0.2) is 0 Å². The third kappa shape index (κ3) is 2.22. The lowest BCUT2D eigenvalue weighted by molar-refractivity contribution is 0.686. The van der Waals surface area contributed by atoms with Crippen molar-refractivity contribution >= 4 is 21.9 Å². The molecule has 0 unspecified atom stereocenters. The molecule has 0 bridgehead atoms. The zero-order chi connectivity index (χ0) is 14.3. The Kier molecular flexibility index (Phi) is 3.50. The summed E-state index contributed by atoms with van der Waals surface area (Å²) in [5.41, 5.74) is 3.67. The van der Waals surface area contributed by atoms with E-state index in [9.17, 15) is 0 Å². The van der Waals surface area contributed by atoms with E-state index in [-0.39, 0.29) is 0 Å². The van der Waals surface area contributed by atoms with Gasteiger partial charge in [-0.05, 0) is 42.6 Å². The van der Waals surface area contributed by atoms with Crippen LogP contribution in [0.5, 0.6) is 0 Å². The van der Waals surface area contributed by atoms with Crippen LogP contribution in [0.4, 0.5) is 5.95 Å². The van der Waals surface area contributed by atoms with Crippen LogP contribution >= 0.6 is 15.9 Å². The van der Waals surface area contributed by atoms with Crippen molar-refractivity contribution in [2.75, 3.05) is 11.4 Å². The van der Waals surface area contributed by atoms with Gasteiger partial charge in [-0.1, -0.05) is 0 Å². The largest absolute Gasteiger partial charge is 0.334 e. The molecule has 106 valence electrons. The number of halogens is 1. The summed E-state index contributed by atoms with van der Waals surface area (Å²) in [6.45, 7) is 5.22. The zero-order valence-electron chi connectivity index (χ0n) is 12.0. The van der Waals surface area contributed by atoms with Crippen molar-refractivity contribution in [3.63, 3.8) is 0 Å². The predicted octanol–water partition coefficient (Wildman–Crippen LogP) is 2.93. The molecular weight excluding hydrogens is 318 g/mol. The average molecular weight is 336 g/mol. The van der Waals surface area contributed by atoms with Crippen molar-refractivity contribution in [1.29, 1.82) is 0 Å². The van der Waals surface area contributed by atoms with Crippen molar-refractivity contribution in [3.05, 3.63) is 33.8 Å². The molecule has 0 saturated carbocycles. The summed E-state index contributed by atoms with van der Waals surface area (Å²) in [7, 11) is 2.00. The maximum absolute atomic E-state index is 4.54. The third-order valence-corrected chi connectivity index (χ3v) is 4.42. The first-order valence-corrected chi connectivity index (χ1v) is 7.61. The Morgan fingerprint density at radius 1 is 1.25 bits per heavy atom. The minimum Gasteiger partial charge on any atom is -0.334 e. The molecule has 0 spiro atoms. The van der Waals surface area contributed by atoms with Crippen molar-refractivity contribution in [2.24, 2.45) is 7.05 Å². The molecule has 1 fully saturated rings. The number of hydrogen-bond donors (Lipinski definition) is 0. The molecule has 0 aromatic carbocycles. The second-order valence-corrected chi connectivity index (χ2v) is 6.18. The molecule has 5 nitrogen and oxygen atoms in total. The van der Waals surface area contributed by atoms with Gasteiger partial charge in [0.1, 0.15) is 0 Å². The van der Waals surface area contributed by atoms with Gasteiger partial charge in [-0.3, -0.25) is 4.68 Å². The van der Waals surface area contributed by atoms with Crippen LogP contribution in [0.1, 0.15) is 35.8 Å². The fraction of sp³-hybridized carbons (Fsp3) is 0.500. The van der Waals surface area contributed by atoms with Crippen LogP contribution in [-0.2, 0) is 7.05 Å². The van der Waals surface area contributed by atoms with E-state index in [1.807, 2.05) is 11.7 Å². The SMILES string of the molecule is Cc1nn(C)c(C)c1[C@@H]1CCCN1c1ncc(Br)cn1. The molecule has 0 radical (unpaired) electrons. The Morgan fingerprint density at radius 2 is 1.95 bits per heavy atom. The highest BCUT2D eigenvalue weighted by Crippen LogP contribution is 2.37. The maximum atomic E-state index is 4.54. The fourth-order valence-corrected chi connectivity index (χ4v) is 3.24. The molecule has 20 heavy (non-hydrogen) atoms. The second-order valence-electron chi connectivity index (χ2n) is 5.26. The fourth-order valence-electron chi connectivity index (χ4n) is 3.03. The molecule has 1 atom stereocenters. The number of rotatable bonds is 2. The average Bonchev–Trinajstić information content (AvgIpc) is 2.97. The van der Waals surface area contributed by atoms with Gasteiger partial charge >= 0.3 is 0 Å². The van der Waals surface area contributed by atoms with E-state index in [2.05, 4.69) is 49.7 Å². The van der Waals surface area contributed by atoms with E-state index in [1.54, 1.807) is 12.4 Å². The molecule has 0 aliphatic carbocycles. The van der Waals surface area contributed by atoms with Gasteiger partial charge in [-0.2, -0.15) is 5.10 Å². The van der Waals surface area contributed by atoms with E-state index in [0.717, 1.165) is 35.5 Å². The summed E-state index contributed by atoms with van der Waals surface area (Å²) >= 11 is 3.38. The van der Waals surface area contributed by atoms with Crippen LogP contribution in [-0.4, -0.2) is 26.3 Å². The van der Waals surface area contributed by atoms with Crippen molar-refractivity contribution < 1.29 is 0 Å². The standard InChI is InChI=1S/C14H18BrN5/c1-9-13(10(2)19(3)18-9)12-5-4-6-20(12)14-16-7-11(15)8-17-14/h7-8,12H,4-6H2,1-3H3/t12-/m0/s1. The van der Waals surface area contributed by atoms with Crippen LogP contribution in [0.3, 0.4) is 0 Å². The van der Waals surface area contributed by atoms with Crippen LogP contribution < -0.4 is 4.90 Å². The van der Waals surface area contributed by atoms with Crippen LogP contribution in [0, 0.1) is 13.8 Å². The van der Waals surface area contributed by atoms with Crippen LogP contribution in [0.2, 0.25) is 0 Å². The second kappa shape index (κ2) is 5.16. The highest BCUT2D eigenvalue weighted by molar-refractivity contribution is 9.10. The Bertz CT molecular complexity index is 619. The lowest BCUT2D eigenvalue weighted by Gasteiger charge is -2.25. The van der Waals surface area contributed by atoms with Crippen LogP contribution in [0.25, 0.3) is 0 Å². The van der Waals surface area contributed by atoms with E-state index in [0.29, 0.717) is 6.04 Å². The lowest BCUT2D eigenvalue weighted by atomic mass is 10.0. The van der Waals surface area contributed by atoms with Crippen LogP contribution in [0.15, 0.2) is 16.9 Å². The normalized spacial score (nSPS) is 18.8. The monoisotopic (exact) mass is 335 g/mol. The van der Waals surface area contributed by atoms with Gasteiger partial charge in [0.2, 0.25) is 5.95 Å². The topological polar surface area (TPSA) is 46.8 Å². The Labute approximate surface area is 127 Å². The molecule has 3 rings (SSSR count). The molecule has 2 aromatic heterocycles. The van der Waals surface area contributed by atoms with Gasteiger partial charge in [0.05, 0.1) is 16.2 Å². The number of aryl methyl sites for hydroxylation is 2. The number of nitrogens with zero attached hydrogens (tertiary/aromatic N) is 5. The lowest BCUT2D eigenvalue weighted by Crippen LogP contribution is -2.25. The van der Waals surface area contributed by atoms with Crippen molar-refractivity contribution in [1.82, 2.24) is 19.7 Å². The summed E-state index contributed by atoms with van der Waals surface area (Å²) in [6, 6.07) is 0.338. The highest BCUT2D eigenvalue weighted by Gasteiger charge is 2.31. The smallest absolute Gasteiger partial charge is 0.225 e. The molecule has 1 aliphatic heterocycles. The van der Waals surface area contributed by atoms with Gasteiger partial charge in [-0.15, -0.1) is 0 Å². The van der Waals surface area contributed by atoms with Gasteiger partial charge in [-0.25, -0.2) is 9.97 Å². The van der Waals surface area contributed by atoms with Gasteiger partial charge in [0, 0.05) is 37.2 Å². The van der Waals surface area contributed by atoms with Gasteiger partial charge < -0.3 is 4.90 Å². The molecule has 6 heteroatoms. The molecule has 0 N–H and O–H groups in total. The van der Waals surface area contributed by atoms with E-state index in [1.165, 1.54) is 11.3 Å². The predicted molar refractivity (Wildman–Crippen MR) is 81.7 cm³/mol. The third-order valence-electron chi connectivity index (χ3n) is 4.01.